The highest BCUT2D eigenvalue weighted by atomic mass is 16.5. The third kappa shape index (κ3) is 1.69. The van der Waals surface area contributed by atoms with E-state index in [2.05, 4.69) is 34.1 Å². The fourth-order valence-corrected chi connectivity index (χ4v) is 3.68. The van der Waals surface area contributed by atoms with Crippen molar-refractivity contribution in [1.29, 1.82) is 0 Å². The molecule has 2 aliphatic heterocycles. The molecular formula is C17H18N2O. The van der Waals surface area contributed by atoms with E-state index in [1.54, 1.807) is 7.11 Å². The maximum Gasteiger partial charge on any atom is 0.119 e. The summed E-state index contributed by atoms with van der Waals surface area (Å²) in [7, 11) is 1.71. The van der Waals surface area contributed by atoms with Gasteiger partial charge in [0.15, 0.2) is 0 Å². The normalized spacial score (nSPS) is 23.6. The predicted molar refractivity (Wildman–Crippen MR) is 79.2 cm³/mol. The van der Waals surface area contributed by atoms with Crippen molar-refractivity contribution < 1.29 is 4.74 Å². The number of benzene rings is 1. The molecule has 2 atom stereocenters. The molecule has 3 nitrogen and oxygen atoms in total. The smallest absolute Gasteiger partial charge is 0.119 e. The number of fused-ring (bicyclic) bond motifs is 4. The van der Waals surface area contributed by atoms with Crippen LogP contribution in [0.15, 0.2) is 42.6 Å². The largest absolute Gasteiger partial charge is 0.497 e. The van der Waals surface area contributed by atoms with Gasteiger partial charge in [0, 0.05) is 30.0 Å². The molecule has 3 heteroatoms. The Labute approximate surface area is 119 Å². The highest BCUT2D eigenvalue weighted by Gasteiger charge is 2.40. The molecule has 0 amide bonds. The molecule has 2 aliphatic rings. The van der Waals surface area contributed by atoms with Gasteiger partial charge in [-0.05, 0) is 48.7 Å². The number of hydrogen-bond donors (Lipinski definition) is 0. The lowest BCUT2D eigenvalue weighted by molar-refractivity contribution is 0.414. The van der Waals surface area contributed by atoms with Gasteiger partial charge in [-0.15, -0.1) is 0 Å². The van der Waals surface area contributed by atoms with E-state index in [1.807, 2.05) is 18.3 Å². The van der Waals surface area contributed by atoms with Gasteiger partial charge < -0.3 is 9.64 Å². The lowest BCUT2D eigenvalue weighted by Gasteiger charge is -2.37. The first-order valence-corrected chi connectivity index (χ1v) is 7.23. The SMILES string of the molecule is COc1ccc(N2C3CCC2c2cccnc2C3)cc1. The fraction of sp³-hybridized carbons (Fsp3) is 0.353. The van der Waals surface area contributed by atoms with E-state index in [1.165, 1.54) is 29.8 Å². The number of methoxy groups -OCH3 is 1. The molecule has 0 N–H and O–H groups in total. The molecular weight excluding hydrogens is 248 g/mol. The first-order chi connectivity index (χ1) is 9.86. The number of pyridine rings is 1. The van der Waals surface area contributed by atoms with Gasteiger partial charge in [-0.3, -0.25) is 4.98 Å². The van der Waals surface area contributed by atoms with Crippen LogP contribution >= 0.6 is 0 Å². The first kappa shape index (κ1) is 11.8. The van der Waals surface area contributed by atoms with Crippen LogP contribution in [0.3, 0.4) is 0 Å². The molecule has 1 fully saturated rings. The van der Waals surface area contributed by atoms with Crippen molar-refractivity contribution in [1.82, 2.24) is 4.98 Å². The molecule has 1 aromatic heterocycles. The minimum atomic E-state index is 0.492. The zero-order valence-electron chi connectivity index (χ0n) is 11.6. The van der Waals surface area contributed by atoms with Crippen LogP contribution in [0.1, 0.15) is 30.1 Å². The van der Waals surface area contributed by atoms with E-state index >= 15 is 0 Å². The number of anilines is 1. The highest BCUT2D eigenvalue weighted by Crippen LogP contribution is 2.45. The van der Waals surface area contributed by atoms with E-state index in [0.29, 0.717) is 12.1 Å². The second-order valence-corrected chi connectivity index (χ2v) is 5.60. The second-order valence-electron chi connectivity index (χ2n) is 5.60. The Morgan fingerprint density at radius 1 is 1.15 bits per heavy atom. The monoisotopic (exact) mass is 266 g/mol. The van der Waals surface area contributed by atoms with E-state index in [4.69, 9.17) is 4.74 Å². The molecule has 2 bridgehead atoms. The van der Waals surface area contributed by atoms with Crippen molar-refractivity contribution in [3.05, 3.63) is 53.9 Å². The summed E-state index contributed by atoms with van der Waals surface area (Å²) in [6.45, 7) is 0. The number of rotatable bonds is 2. The summed E-state index contributed by atoms with van der Waals surface area (Å²) in [6, 6.07) is 13.8. The molecule has 1 saturated heterocycles. The summed E-state index contributed by atoms with van der Waals surface area (Å²) >= 11 is 0. The average molecular weight is 266 g/mol. The van der Waals surface area contributed by atoms with Gasteiger partial charge in [0.2, 0.25) is 0 Å². The molecule has 0 saturated carbocycles. The second kappa shape index (κ2) is 4.51. The van der Waals surface area contributed by atoms with Gasteiger partial charge in [-0.1, -0.05) is 6.07 Å². The standard InChI is InChI=1S/C17H18N2O/c1-20-14-7-4-12(5-8-14)19-13-6-9-17(19)15-3-2-10-18-16(15)11-13/h2-5,7-8,10,13,17H,6,9,11H2,1H3. The summed E-state index contributed by atoms with van der Waals surface area (Å²) in [5, 5.41) is 0. The number of hydrogen-bond acceptors (Lipinski definition) is 3. The third-order valence-corrected chi connectivity index (χ3v) is 4.59. The molecule has 102 valence electrons. The van der Waals surface area contributed by atoms with Crippen molar-refractivity contribution >= 4 is 5.69 Å². The summed E-state index contributed by atoms with van der Waals surface area (Å²) in [5.74, 6) is 0.917. The summed E-state index contributed by atoms with van der Waals surface area (Å²) in [6.07, 6.45) is 5.47. The average Bonchev–Trinajstić information content (AvgIpc) is 2.82. The van der Waals surface area contributed by atoms with Crippen LogP contribution in [-0.2, 0) is 6.42 Å². The van der Waals surface area contributed by atoms with E-state index in [0.717, 1.165) is 12.2 Å². The molecule has 3 heterocycles. The summed E-state index contributed by atoms with van der Waals surface area (Å²) in [5.41, 5.74) is 4.01. The Morgan fingerprint density at radius 2 is 2.00 bits per heavy atom. The molecule has 20 heavy (non-hydrogen) atoms. The van der Waals surface area contributed by atoms with E-state index in [-0.39, 0.29) is 0 Å². The van der Waals surface area contributed by atoms with Crippen LogP contribution in [0.4, 0.5) is 5.69 Å². The quantitative estimate of drug-likeness (QED) is 0.833. The maximum absolute atomic E-state index is 5.25. The van der Waals surface area contributed by atoms with E-state index < -0.39 is 0 Å². The molecule has 0 aliphatic carbocycles. The molecule has 2 aromatic rings. The minimum Gasteiger partial charge on any atom is -0.497 e. The van der Waals surface area contributed by atoms with Crippen LogP contribution in [0.5, 0.6) is 5.75 Å². The van der Waals surface area contributed by atoms with Crippen molar-refractivity contribution in [3.63, 3.8) is 0 Å². The van der Waals surface area contributed by atoms with Crippen LogP contribution in [0.25, 0.3) is 0 Å². The Kier molecular flexibility index (Phi) is 2.66. The van der Waals surface area contributed by atoms with Crippen LogP contribution < -0.4 is 9.64 Å². The summed E-state index contributed by atoms with van der Waals surface area (Å²) in [4.78, 5) is 7.14. The topological polar surface area (TPSA) is 25.4 Å². The Balaban J connectivity index is 1.73. The summed E-state index contributed by atoms with van der Waals surface area (Å²) < 4.78 is 5.25. The van der Waals surface area contributed by atoms with Gasteiger partial charge in [-0.2, -0.15) is 0 Å². The number of aromatic nitrogens is 1. The molecule has 0 spiro atoms. The molecule has 4 rings (SSSR count). The van der Waals surface area contributed by atoms with Crippen molar-refractivity contribution in [2.45, 2.75) is 31.3 Å². The number of ether oxygens (including phenoxy) is 1. The third-order valence-electron chi connectivity index (χ3n) is 4.59. The maximum atomic E-state index is 5.25. The van der Waals surface area contributed by atoms with Gasteiger partial charge in [0.1, 0.15) is 5.75 Å². The molecule has 0 radical (unpaired) electrons. The highest BCUT2D eigenvalue weighted by molar-refractivity contribution is 5.55. The van der Waals surface area contributed by atoms with Gasteiger partial charge in [0.05, 0.1) is 13.2 Å². The lowest BCUT2D eigenvalue weighted by Crippen LogP contribution is -2.37. The van der Waals surface area contributed by atoms with Crippen LogP contribution in [0.2, 0.25) is 0 Å². The van der Waals surface area contributed by atoms with Crippen LogP contribution in [0, 0.1) is 0 Å². The van der Waals surface area contributed by atoms with Crippen molar-refractivity contribution in [2.75, 3.05) is 12.0 Å². The predicted octanol–water partition coefficient (Wildman–Crippen LogP) is 3.36. The van der Waals surface area contributed by atoms with Gasteiger partial charge in [0.25, 0.3) is 0 Å². The van der Waals surface area contributed by atoms with Crippen molar-refractivity contribution in [3.8, 4) is 5.75 Å². The number of nitrogens with zero attached hydrogens (tertiary/aromatic N) is 2. The zero-order valence-corrected chi connectivity index (χ0v) is 11.6. The van der Waals surface area contributed by atoms with E-state index in [9.17, 15) is 0 Å². The Hall–Kier alpha value is -2.03. The van der Waals surface area contributed by atoms with Gasteiger partial charge >= 0.3 is 0 Å². The first-order valence-electron chi connectivity index (χ1n) is 7.23. The Morgan fingerprint density at radius 3 is 2.80 bits per heavy atom. The van der Waals surface area contributed by atoms with Crippen LogP contribution in [-0.4, -0.2) is 18.1 Å². The lowest BCUT2D eigenvalue weighted by atomic mass is 9.97. The molecule has 2 unspecified atom stereocenters. The zero-order chi connectivity index (χ0) is 13.5. The molecule has 1 aromatic carbocycles. The van der Waals surface area contributed by atoms with Gasteiger partial charge in [-0.25, -0.2) is 0 Å². The fourth-order valence-electron chi connectivity index (χ4n) is 3.68. The Bertz CT molecular complexity index is 623. The van der Waals surface area contributed by atoms with Crippen molar-refractivity contribution in [2.24, 2.45) is 0 Å². The minimum absolute atomic E-state index is 0.492.